The molecule has 1 atom stereocenters. The zero-order chi connectivity index (χ0) is 13.7. The highest BCUT2D eigenvalue weighted by molar-refractivity contribution is 6.31. The number of halogens is 2. The fourth-order valence-electron chi connectivity index (χ4n) is 3.13. The van der Waals surface area contributed by atoms with Crippen molar-refractivity contribution in [1.82, 2.24) is 5.32 Å². The van der Waals surface area contributed by atoms with Gasteiger partial charge in [-0.05, 0) is 49.4 Å². The van der Waals surface area contributed by atoms with Crippen molar-refractivity contribution in [2.24, 2.45) is 5.92 Å². The maximum Gasteiger partial charge on any atom is 0.124 e. The maximum atomic E-state index is 13.2. The molecule has 0 heterocycles. The molecule has 1 aromatic carbocycles. The highest BCUT2D eigenvalue weighted by Gasteiger charge is 2.27. The predicted molar refractivity (Wildman–Crippen MR) is 79.3 cm³/mol. The van der Waals surface area contributed by atoms with E-state index in [1.165, 1.54) is 37.8 Å². The molecule has 0 aliphatic heterocycles. The van der Waals surface area contributed by atoms with Crippen LogP contribution in [-0.4, -0.2) is 13.1 Å². The summed E-state index contributed by atoms with van der Waals surface area (Å²) in [5.41, 5.74) is 1.11. The summed E-state index contributed by atoms with van der Waals surface area (Å²) in [5.74, 6) is 0.856. The number of rotatable bonds is 6. The van der Waals surface area contributed by atoms with Gasteiger partial charge in [0.2, 0.25) is 0 Å². The quantitative estimate of drug-likeness (QED) is 0.743. The second-order valence-electron chi connectivity index (χ2n) is 5.52. The highest BCUT2D eigenvalue weighted by Crippen LogP contribution is 2.39. The second-order valence-corrected chi connectivity index (χ2v) is 5.93. The largest absolute Gasteiger partial charge is 0.316 e. The lowest BCUT2D eigenvalue weighted by Crippen LogP contribution is -2.26. The first-order valence-corrected chi connectivity index (χ1v) is 7.75. The van der Waals surface area contributed by atoms with Crippen molar-refractivity contribution in [3.8, 4) is 0 Å². The average molecular weight is 284 g/mol. The van der Waals surface area contributed by atoms with Crippen LogP contribution < -0.4 is 5.32 Å². The molecule has 1 aliphatic rings. The van der Waals surface area contributed by atoms with Gasteiger partial charge in [0.15, 0.2) is 0 Å². The molecule has 1 aliphatic carbocycles. The van der Waals surface area contributed by atoms with Crippen LogP contribution >= 0.6 is 11.6 Å². The summed E-state index contributed by atoms with van der Waals surface area (Å²) in [7, 11) is 0. The number of nitrogens with one attached hydrogen (secondary N) is 1. The summed E-state index contributed by atoms with van der Waals surface area (Å²) >= 11 is 6.25. The first-order chi connectivity index (χ1) is 9.22. The van der Waals surface area contributed by atoms with Crippen LogP contribution in [0.4, 0.5) is 4.39 Å². The van der Waals surface area contributed by atoms with E-state index in [1.807, 2.05) is 6.07 Å². The van der Waals surface area contributed by atoms with E-state index in [0.29, 0.717) is 16.9 Å². The lowest BCUT2D eigenvalue weighted by molar-refractivity contribution is 0.411. The molecule has 0 bridgehead atoms. The van der Waals surface area contributed by atoms with Gasteiger partial charge in [-0.25, -0.2) is 4.39 Å². The Hall–Kier alpha value is -0.600. The molecule has 1 aromatic rings. The van der Waals surface area contributed by atoms with Crippen molar-refractivity contribution in [3.63, 3.8) is 0 Å². The molecule has 0 aromatic heterocycles. The van der Waals surface area contributed by atoms with Crippen LogP contribution in [0.1, 0.15) is 50.5 Å². The Morgan fingerprint density at radius 1 is 1.37 bits per heavy atom. The molecular weight excluding hydrogens is 261 g/mol. The SMILES string of the molecule is CCCNCC(c1ccc(F)cc1Cl)C1CCCC1. The van der Waals surface area contributed by atoms with E-state index in [0.717, 1.165) is 25.1 Å². The Bertz CT molecular complexity index is 402. The van der Waals surface area contributed by atoms with Gasteiger partial charge in [-0.15, -0.1) is 0 Å². The molecular formula is C16H23ClFN. The van der Waals surface area contributed by atoms with Crippen LogP contribution in [0, 0.1) is 11.7 Å². The zero-order valence-corrected chi connectivity index (χ0v) is 12.3. The zero-order valence-electron chi connectivity index (χ0n) is 11.6. The second kappa shape index (κ2) is 7.25. The van der Waals surface area contributed by atoms with Crippen molar-refractivity contribution in [2.45, 2.75) is 44.9 Å². The number of hydrogen-bond donors (Lipinski definition) is 1. The Morgan fingerprint density at radius 3 is 2.74 bits per heavy atom. The van der Waals surface area contributed by atoms with Crippen LogP contribution in [0.5, 0.6) is 0 Å². The topological polar surface area (TPSA) is 12.0 Å². The molecule has 1 nitrogen and oxygen atoms in total. The standard InChI is InChI=1S/C16H23ClFN/c1-2-9-19-11-15(12-5-3-4-6-12)14-8-7-13(18)10-16(14)17/h7-8,10,12,15,19H,2-6,9,11H2,1H3. The molecule has 106 valence electrons. The Labute approximate surface area is 120 Å². The van der Waals surface area contributed by atoms with Crippen molar-refractivity contribution < 1.29 is 4.39 Å². The average Bonchev–Trinajstić information content (AvgIpc) is 2.89. The highest BCUT2D eigenvalue weighted by atomic mass is 35.5. The smallest absolute Gasteiger partial charge is 0.124 e. The lowest BCUT2D eigenvalue weighted by Gasteiger charge is -2.25. The van der Waals surface area contributed by atoms with Gasteiger partial charge in [-0.3, -0.25) is 0 Å². The van der Waals surface area contributed by atoms with Crippen LogP contribution in [-0.2, 0) is 0 Å². The van der Waals surface area contributed by atoms with Crippen molar-refractivity contribution >= 4 is 11.6 Å². The summed E-state index contributed by atoms with van der Waals surface area (Å²) in [5, 5.41) is 4.08. The van der Waals surface area contributed by atoms with Crippen LogP contribution in [0.25, 0.3) is 0 Å². The summed E-state index contributed by atoms with van der Waals surface area (Å²) < 4.78 is 13.2. The third-order valence-electron chi connectivity index (χ3n) is 4.12. The third kappa shape index (κ3) is 3.93. The van der Waals surface area contributed by atoms with Gasteiger partial charge < -0.3 is 5.32 Å². The van der Waals surface area contributed by atoms with Gasteiger partial charge in [0.05, 0.1) is 0 Å². The van der Waals surface area contributed by atoms with Gasteiger partial charge in [0, 0.05) is 17.5 Å². The van der Waals surface area contributed by atoms with Crippen LogP contribution in [0.3, 0.4) is 0 Å². The van der Waals surface area contributed by atoms with Crippen molar-refractivity contribution in [2.75, 3.05) is 13.1 Å². The van der Waals surface area contributed by atoms with Gasteiger partial charge in [0.25, 0.3) is 0 Å². The van der Waals surface area contributed by atoms with Crippen LogP contribution in [0.2, 0.25) is 5.02 Å². The molecule has 3 heteroatoms. The van der Waals surface area contributed by atoms with Gasteiger partial charge in [0.1, 0.15) is 5.82 Å². The number of benzene rings is 1. The van der Waals surface area contributed by atoms with E-state index in [9.17, 15) is 4.39 Å². The molecule has 1 unspecified atom stereocenters. The first kappa shape index (κ1) is 14.8. The van der Waals surface area contributed by atoms with Crippen LogP contribution in [0.15, 0.2) is 18.2 Å². The first-order valence-electron chi connectivity index (χ1n) is 7.38. The third-order valence-corrected chi connectivity index (χ3v) is 4.45. The Balaban J connectivity index is 2.14. The summed E-state index contributed by atoms with van der Waals surface area (Å²) in [6.45, 7) is 4.15. The van der Waals surface area contributed by atoms with Gasteiger partial charge >= 0.3 is 0 Å². The van der Waals surface area contributed by atoms with Gasteiger partial charge in [-0.1, -0.05) is 37.4 Å². The lowest BCUT2D eigenvalue weighted by atomic mass is 9.84. The maximum absolute atomic E-state index is 13.2. The van der Waals surface area contributed by atoms with E-state index >= 15 is 0 Å². The van der Waals surface area contributed by atoms with E-state index in [-0.39, 0.29) is 5.82 Å². The van der Waals surface area contributed by atoms with E-state index < -0.39 is 0 Å². The molecule has 2 rings (SSSR count). The molecule has 0 amide bonds. The molecule has 0 spiro atoms. The summed E-state index contributed by atoms with van der Waals surface area (Å²) in [6.07, 6.45) is 6.30. The number of hydrogen-bond acceptors (Lipinski definition) is 1. The molecule has 1 fully saturated rings. The minimum Gasteiger partial charge on any atom is -0.316 e. The Morgan fingerprint density at radius 2 is 2.11 bits per heavy atom. The fraction of sp³-hybridized carbons (Fsp3) is 0.625. The normalized spacial score (nSPS) is 17.8. The van der Waals surface area contributed by atoms with E-state index in [4.69, 9.17) is 11.6 Å². The Kier molecular flexibility index (Phi) is 5.65. The van der Waals surface area contributed by atoms with E-state index in [1.54, 1.807) is 0 Å². The summed E-state index contributed by atoms with van der Waals surface area (Å²) in [4.78, 5) is 0. The van der Waals surface area contributed by atoms with Crippen molar-refractivity contribution in [3.05, 3.63) is 34.6 Å². The van der Waals surface area contributed by atoms with E-state index in [2.05, 4.69) is 12.2 Å². The minimum atomic E-state index is -0.250. The van der Waals surface area contributed by atoms with Crippen molar-refractivity contribution in [1.29, 1.82) is 0 Å². The molecule has 0 saturated heterocycles. The molecule has 19 heavy (non-hydrogen) atoms. The molecule has 0 radical (unpaired) electrons. The molecule has 1 N–H and O–H groups in total. The minimum absolute atomic E-state index is 0.250. The predicted octanol–water partition coefficient (Wildman–Crippen LogP) is 4.75. The van der Waals surface area contributed by atoms with Gasteiger partial charge in [-0.2, -0.15) is 0 Å². The molecule has 1 saturated carbocycles. The monoisotopic (exact) mass is 283 g/mol. The fourth-order valence-corrected chi connectivity index (χ4v) is 3.43. The summed E-state index contributed by atoms with van der Waals surface area (Å²) in [6, 6.07) is 4.84.